The molecule has 1 rings (SSSR count). The Balaban J connectivity index is 3.39. The number of hydrogen-bond acceptors (Lipinski definition) is 3. The summed E-state index contributed by atoms with van der Waals surface area (Å²) in [4.78, 5) is 0. The van der Waals surface area contributed by atoms with Crippen LogP contribution in [0.2, 0.25) is 5.02 Å². The summed E-state index contributed by atoms with van der Waals surface area (Å²) in [6.45, 7) is -0.502. The molecule has 0 aliphatic carbocycles. The van der Waals surface area contributed by atoms with Gasteiger partial charge in [-0.1, -0.05) is 11.6 Å². The SMILES string of the molecule is COc1cc(OC)c(Cl)c(CO)c1F. The third-order valence-electron chi connectivity index (χ3n) is 1.82. The lowest BCUT2D eigenvalue weighted by Crippen LogP contribution is -1.98. The van der Waals surface area contributed by atoms with E-state index in [0.29, 0.717) is 0 Å². The van der Waals surface area contributed by atoms with Crippen LogP contribution >= 0.6 is 11.6 Å². The van der Waals surface area contributed by atoms with E-state index in [0.717, 1.165) is 0 Å². The van der Waals surface area contributed by atoms with Crippen molar-refractivity contribution in [1.82, 2.24) is 0 Å². The van der Waals surface area contributed by atoms with Crippen LogP contribution in [0.4, 0.5) is 4.39 Å². The topological polar surface area (TPSA) is 38.7 Å². The number of aliphatic hydroxyl groups is 1. The first kappa shape index (κ1) is 11.1. The fraction of sp³-hybridized carbons (Fsp3) is 0.333. The van der Waals surface area contributed by atoms with Crippen LogP contribution in [0.3, 0.4) is 0 Å². The Bertz CT molecular complexity index is 313. The van der Waals surface area contributed by atoms with Gasteiger partial charge < -0.3 is 14.6 Å². The number of ether oxygens (including phenoxy) is 2. The normalized spacial score (nSPS) is 10.1. The van der Waals surface area contributed by atoms with E-state index in [1.807, 2.05) is 0 Å². The zero-order chi connectivity index (χ0) is 10.7. The van der Waals surface area contributed by atoms with Crippen molar-refractivity contribution in [2.75, 3.05) is 14.2 Å². The Kier molecular flexibility index (Phi) is 3.55. The number of hydrogen-bond donors (Lipinski definition) is 1. The first-order chi connectivity index (χ1) is 6.65. The van der Waals surface area contributed by atoms with E-state index in [2.05, 4.69) is 0 Å². The number of benzene rings is 1. The molecule has 1 aromatic carbocycles. The van der Waals surface area contributed by atoms with Gasteiger partial charge in [0.15, 0.2) is 11.6 Å². The molecule has 0 unspecified atom stereocenters. The summed E-state index contributed by atoms with van der Waals surface area (Å²) in [6.07, 6.45) is 0. The van der Waals surface area contributed by atoms with Crippen LogP contribution in [0, 0.1) is 5.82 Å². The Hall–Kier alpha value is -1.00. The van der Waals surface area contributed by atoms with Crippen molar-refractivity contribution in [3.8, 4) is 11.5 Å². The van der Waals surface area contributed by atoms with Gasteiger partial charge in [-0.05, 0) is 0 Å². The number of methoxy groups -OCH3 is 2. The van der Waals surface area contributed by atoms with E-state index in [9.17, 15) is 4.39 Å². The van der Waals surface area contributed by atoms with E-state index in [1.165, 1.54) is 20.3 Å². The highest BCUT2D eigenvalue weighted by Gasteiger charge is 2.17. The molecule has 0 saturated heterocycles. The molecule has 0 aliphatic rings. The average Bonchev–Trinajstić information content (AvgIpc) is 2.19. The Labute approximate surface area is 86.0 Å². The zero-order valence-corrected chi connectivity index (χ0v) is 8.56. The first-order valence-corrected chi connectivity index (χ1v) is 4.23. The van der Waals surface area contributed by atoms with Crippen LogP contribution in [-0.4, -0.2) is 19.3 Å². The van der Waals surface area contributed by atoms with Gasteiger partial charge in [0.2, 0.25) is 0 Å². The van der Waals surface area contributed by atoms with E-state index >= 15 is 0 Å². The summed E-state index contributed by atoms with van der Waals surface area (Å²) in [5, 5.41) is 8.97. The van der Waals surface area contributed by atoms with Gasteiger partial charge in [0.25, 0.3) is 0 Å². The molecular formula is C9H10ClFO3. The molecule has 0 aromatic heterocycles. The quantitative estimate of drug-likeness (QED) is 0.847. The summed E-state index contributed by atoms with van der Waals surface area (Å²) in [7, 11) is 2.73. The summed E-state index contributed by atoms with van der Waals surface area (Å²) in [5.41, 5.74) is -0.0251. The molecule has 78 valence electrons. The predicted molar refractivity (Wildman–Crippen MR) is 50.4 cm³/mol. The molecule has 0 atom stereocenters. The molecule has 1 N–H and O–H groups in total. The monoisotopic (exact) mass is 220 g/mol. The summed E-state index contributed by atoms with van der Waals surface area (Å²) >= 11 is 5.76. The molecule has 1 aromatic rings. The van der Waals surface area contributed by atoms with Crippen molar-refractivity contribution >= 4 is 11.6 Å². The highest BCUT2D eigenvalue weighted by atomic mass is 35.5. The minimum Gasteiger partial charge on any atom is -0.495 e. The molecule has 0 bridgehead atoms. The first-order valence-electron chi connectivity index (χ1n) is 3.85. The smallest absolute Gasteiger partial charge is 0.172 e. The average molecular weight is 221 g/mol. The molecule has 0 fully saturated rings. The van der Waals surface area contributed by atoms with Crippen LogP contribution in [0.25, 0.3) is 0 Å². The van der Waals surface area contributed by atoms with Gasteiger partial charge in [-0.15, -0.1) is 0 Å². The van der Waals surface area contributed by atoms with Gasteiger partial charge >= 0.3 is 0 Å². The fourth-order valence-corrected chi connectivity index (χ4v) is 1.35. The second-order valence-electron chi connectivity index (χ2n) is 2.55. The van der Waals surface area contributed by atoms with Crippen LogP contribution in [0.1, 0.15) is 5.56 Å². The summed E-state index contributed by atoms with van der Waals surface area (Å²) in [5.74, 6) is -0.398. The van der Waals surface area contributed by atoms with E-state index in [4.69, 9.17) is 26.2 Å². The zero-order valence-electron chi connectivity index (χ0n) is 7.80. The standard InChI is InChI=1S/C9H10ClFO3/c1-13-6-3-7(14-2)9(11)5(4-12)8(6)10/h3,12H,4H2,1-2H3. The van der Waals surface area contributed by atoms with E-state index in [1.54, 1.807) is 0 Å². The van der Waals surface area contributed by atoms with Crippen LogP contribution in [0.5, 0.6) is 11.5 Å². The lowest BCUT2D eigenvalue weighted by atomic mass is 10.2. The molecule has 0 aliphatic heterocycles. The maximum atomic E-state index is 13.4. The second-order valence-corrected chi connectivity index (χ2v) is 2.92. The molecule has 0 heterocycles. The van der Waals surface area contributed by atoms with Gasteiger partial charge in [0.1, 0.15) is 5.75 Å². The molecule has 0 spiro atoms. The van der Waals surface area contributed by atoms with Crippen molar-refractivity contribution in [2.24, 2.45) is 0 Å². The molecule has 14 heavy (non-hydrogen) atoms. The van der Waals surface area contributed by atoms with Crippen molar-refractivity contribution in [1.29, 1.82) is 0 Å². The fourth-order valence-electron chi connectivity index (χ4n) is 1.08. The molecule has 0 amide bonds. The maximum Gasteiger partial charge on any atom is 0.172 e. The van der Waals surface area contributed by atoms with Crippen LogP contribution in [0.15, 0.2) is 6.07 Å². The van der Waals surface area contributed by atoms with Crippen molar-refractivity contribution in [3.05, 3.63) is 22.5 Å². The minimum absolute atomic E-state index is 0.00435. The maximum absolute atomic E-state index is 13.4. The number of halogens is 2. The van der Waals surface area contributed by atoms with Gasteiger partial charge in [0, 0.05) is 11.6 Å². The number of aliphatic hydroxyl groups excluding tert-OH is 1. The highest BCUT2D eigenvalue weighted by Crippen LogP contribution is 2.35. The largest absolute Gasteiger partial charge is 0.495 e. The summed E-state index contributed by atoms with van der Waals surface area (Å²) < 4.78 is 23.1. The molecule has 5 heteroatoms. The van der Waals surface area contributed by atoms with E-state index < -0.39 is 12.4 Å². The van der Waals surface area contributed by atoms with Crippen molar-refractivity contribution in [3.63, 3.8) is 0 Å². The predicted octanol–water partition coefficient (Wildman–Crippen LogP) is 1.99. The van der Waals surface area contributed by atoms with Gasteiger partial charge in [-0.2, -0.15) is 0 Å². The highest BCUT2D eigenvalue weighted by molar-refractivity contribution is 6.32. The third-order valence-corrected chi connectivity index (χ3v) is 2.24. The van der Waals surface area contributed by atoms with Crippen molar-refractivity contribution < 1.29 is 19.0 Å². The minimum atomic E-state index is -0.666. The van der Waals surface area contributed by atoms with Crippen LogP contribution in [-0.2, 0) is 6.61 Å². The second kappa shape index (κ2) is 4.48. The van der Waals surface area contributed by atoms with Gasteiger partial charge in [-0.3, -0.25) is 0 Å². The molecule has 3 nitrogen and oxygen atoms in total. The van der Waals surface area contributed by atoms with Gasteiger partial charge in [0.05, 0.1) is 25.8 Å². The Morgan fingerprint density at radius 2 is 1.93 bits per heavy atom. The van der Waals surface area contributed by atoms with Gasteiger partial charge in [-0.25, -0.2) is 4.39 Å². The lowest BCUT2D eigenvalue weighted by molar-refractivity contribution is 0.271. The third kappa shape index (κ3) is 1.76. The molecule has 0 saturated carbocycles. The van der Waals surface area contributed by atoms with Crippen LogP contribution < -0.4 is 9.47 Å². The van der Waals surface area contributed by atoms with Crippen molar-refractivity contribution in [2.45, 2.75) is 6.61 Å². The number of rotatable bonds is 3. The summed E-state index contributed by atoms with van der Waals surface area (Å²) in [6, 6.07) is 1.33. The Morgan fingerprint density at radius 1 is 1.36 bits per heavy atom. The Morgan fingerprint density at radius 3 is 2.36 bits per heavy atom. The molecular weight excluding hydrogens is 211 g/mol. The van der Waals surface area contributed by atoms with E-state index in [-0.39, 0.29) is 22.1 Å². The lowest BCUT2D eigenvalue weighted by Gasteiger charge is -2.11. The molecule has 0 radical (unpaired) electrons.